The summed E-state index contributed by atoms with van der Waals surface area (Å²) in [5.74, 6) is 1.25. The number of halogens is 1. The average molecular weight is 232 g/mol. The van der Waals surface area contributed by atoms with Gasteiger partial charge in [-0.3, -0.25) is 0 Å². The highest BCUT2D eigenvalue weighted by molar-refractivity contribution is 5.88. The second-order valence-electron chi connectivity index (χ2n) is 4.65. The Morgan fingerprint density at radius 1 is 1.18 bits per heavy atom. The molecule has 90 valence electrons. The third-order valence-electron chi connectivity index (χ3n) is 2.76. The first-order valence-corrected chi connectivity index (χ1v) is 5.98. The normalized spacial score (nSPS) is 11.1. The fourth-order valence-electron chi connectivity index (χ4n) is 1.76. The van der Waals surface area contributed by atoms with E-state index in [9.17, 15) is 4.39 Å². The van der Waals surface area contributed by atoms with E-state index < -0.39 is 0 Å². The Balaban J connectivity index is 2.22. The van der Waals surface area contributed by atoms with Crippen LogP contribution in [0, 0.1) is 11.7 Å². The lowest BCUT2D eigenvalue weighted by Crippen LogP contribution is -2.01. The molecule has 0 aromatic heterocycles. The Kier molecular flexibility index (Phi) is 3.62. The second kappa shape index (κ2) is 5.17. The molecule has 0 aliphatic carbocycles. The van der Waals surface area contributed by atoms with Crippen LogP contribution in [0.1, 0.15) is 20.3 Å². The summed E-state index contributed by atoms with van der Waals surface area (Å²) in [5, 5.41) is 1.85. The minimum atomic E-state index is -0.211. The van der Waals surface area contributed by atoms with Crippen LogP contribution in [0.15, 0.2) is 36.4 Å². The molecule has 2 rings (SSSR count). The summed E-state index contributed by atoms with van der Waals surface area (Å²) in [6.07, 6.45) is 1.03. The summed E-state index contributed by atoms with van der Waals surface area (Å²) in [7, 11) is 0. The minimum Gasteiger partial charge on any atom is -0.493 e. The monoisotopic (exact) mass is 232 g/mol. The topological polar surface area (TPSA) is 9.23 Å². The van der Waals surface area contributed by atoms with E-state index >= 15 is 0 Å². The molecule has 0 aliphatic heterocycles. The molecule has 0 aliphatic rings. The number of fused-ring (bicyclic) bond motifs is 1. The van der Waals surface area contributed by atoms with Gasteiger partial charge >= 0.3 is 0 Å². The molecule has 0 N–H and O–H groups in total. The lowest BCUT2D eigenvalue weighted by atomic mass is 10.1. The molecule has 0 radical (unpaired) electrons. The van der Waals surface area contributed by atoms with Crippen molar-refractivity contribution in [2.24, 2.45) is 5.92 Å². The Morgan fingerprint density at radius 3 is 2.76 bits per heavy atom. The van der Waals surface area contributed by atoms with Gasteiger partial charge in [-0.2, -0.15) is 0 Å². The zero-order chi connectivity index (χ0) is 12.3. The van der Waals surface area contributed by atoms with Crippen LogP contribution in [0.2, 0.25) is 0 Å². The Hall–Kier alpha value is -1.57. The van der Waals surface area contributed by atoms with E-state index in [0.29, 0.717) is 12.5 Å². The number of ether oxygens (including phenoxy) is 1. The van der Waals surface area contributed by atoms with Crippen LogP contribution in [0.4, 0.5) is 4.39 Å². The maximum Gasteiger partial charge on any atom is 0.127 e. The molecule has 17 heavy (non-hydrogen) atoms. The van der Waals surface area contributed by atoms with Crippen molar-refractivity contribution in [3.8, 4) is 5.75 Å². The van der Waals surface area contributed by atoms with Crippen LogP contribution in [0.5, 0.6) is 5.75 Å². The van der Waals surface area contributed by atoms with Gasteiger partial charge in [-0.05, 0) is 42.0 Å². The van der Waals surface area contributed by atoms with E-state index in [1.807, 2.05) is 18.2 Å². The molecule has 2 aromatic carbocycles. The first-order chi connectivity index (χ1) is 8.16. The van der Waals surface area contributed by atoms with Gasteiger partial charge in [0.25, 0.3) is 0 Å². The summed E-state index contributed by atoms with van der Waals surface area (Å²) in [5.41, 5.74) is 0. The largest absolute Gasteiger partial charge is 0.493 e. The molecular formula is C15H17FO. The highest BCUT2D eigenvalue weighted by atomic mass is 19.1. The predicted octanol–water partition coefficient (Wildman–Crippen LogP) is 4.40. The quantitative estimate of drug-likeness (QED) is 0.759. The first kappa shape index (κ1) is 11.9. The van der Waals surface area contributed by atoms with Crippen LogP contribution < -0.4 is 4.74 Å². The van der Waals surface area contributed by atoms with Crippen molar-refractivity contribution in [2.75, 3.05) is 6.61 Å². The van der Waals surface area contributed by atoms with E-state index in [2.05, 4.69) is 13.8 Å². The molecule has 0 spiro atoms. The van der Waals surface area contributed by atoms with E-state index in [1.54, 1.807) is 6.07 Å². The smallest absolute Gasteiger partial charge is 0.127 e. The van der Waals surface area contributed by atoms with Gasteiger partial charge in [0.1, 0.15) is 11.6 Å². The third kappa shape index (κ3) is 2.96. The molecule has 0 atom stereocenters. The lowest BCUT2D eigenvalue weighted by Gasteiger charge is -2.10. The Labute approximate surface area is 101 Å². The van der Waals surface area contributed by atoms with Gasteiger partial charge in [0.2, 0.25) is 0 Å². The SMILES string of the molecule is CC(C)CCOc1cccc2cc(F)ccc12. The summed E-state index contributed by atoms with van der Waals surface area (Å²) < 4.78 is 18.8. The van der Waals surface area contributed by atoms with E-state index in [0.717, 1.165) is 22.9 Å². The number of rotatable bonds is 4. The van der Waals surface area contributed by atoms with E-state index in [1.165, 1.54) is 12.1 Å². The molecular weight excluding hydrogens is 215 g/mol. The van der Waals surface area contributed by atoms with Crippen molar-refractivity contribution in [2.45, 2.75) is 20.3 Å². The van der Waals surface area contributed by atoms with Crippen molar-refractivity contribution in [1.29, 1.82) is 0 Å². The van der Waals surface area contributed by atoms with Gasteiger partial charge in [-0.25, -0.2) is 4.39 Å². The fourth-order valence-corrected chi connectivity index (χ4v) is 1.76. The first-order valence-electron chi connectivity index (χ1n) is 5.98. The molecule has 0 amide bonds. The molecule has 1 nitrogen and oxygen atoms in total. The Morgan fingerprint density at radius 2 is 2.00 bits per heavy atom. The van der Waals surface area contributed by atoms with Crippen molar-refractivity contribution >= 4 is 10.8 Å². The minimum absolute atomic E-state index is 0.211. The summed E-state index contributed by atoms with van der Waals surface area (Å²) in [6, 6.07) is 10.5. The van der Waals surface area contributed by atoms with Crippen LogP contribution in [-0.4, -0.2) is 6.61 Å². The number of hydrogen-bond acceptors (Lipinski definition) is 1. The van der Waals surface area contributed by atoms with Crippen LogP contribution in [0.25, 0.3) is 10.8 Å². The van der Waals surface area contributed by atoms with Crippen molar-refractivity contribution in [3.05, 3.63) is 42.2 Å². The van der Waals surface area contributed by atoms with Crippen molar-refractivity contribution < 1.29 is 9.13 Å². The zero-order valence-electron chi connectivity index (χ0n) is 10.2. The maximum atomic E-state index is 13.1. The van der Waals surface area contributed by atoms with Gasteiger partial charge in [0.05, 0.1) is 6.61 Å². The molecule has 0 bridgehead atoms. The van der Waals surface area contributed by atoms with Crippen molar-refractivity contribution in [3.63, 3.8) is 0 Å². The van der Waals surface area contributed by atoms with Crippen molar-refractivity contribution in [1.82, 2.24) is 0 Å². The van der Waals surface area contributed by atoms with Gasteiger partial charge in [-0.1, -0.05) is 26.0 Å². The van der Waals surface area contributed by atoms with Crippen LogP contribution in [0.3, 0.4) is 0 Å². The van der Waals surface area contributed by atoms with Gasteiger partial charge in [-0.15, -0.1) is 0 Å². The molecule has 2 aromatic rings. The molecule has 2 heteroatoms. The van der Waals surface area contributed by atoms with Gasteiger partial charge < -0.3 is 4.74 Å². The molecule has 0 fully saturated rings. The fraction of sp³-hybridized carbons (Fsp3) is 0.333. The standard InChI is InChI=1S/C15H17FO/c1-11(2)8-9-17-15-5-3-4-12-10-13(16)6-7-14(12)15/h3-7,10-11H,8-9H2,1-2H3. The Bertz CT molecular complexity index is 505. The summed E-state index contributed by atoms with van der Waals surface area (Å²) in [6.45, 7) is 5.04. The van der Waals surface area contributed by atoms with Crippen LogP contribution in [-0.2, 0) is 0 Å². The third-order valence-corrected chi connectivity index (χ3v) is 2.76. The lowest BCUT2D eigenvalue weighted by molar-refractivity contribution is 0.292. The van der Waals surface area contributed by atoms with Crippen LogP contribution >= 0.6 is 0 Å². The maximum absolute atomic E-state index is 13.1. The summed E-state index contributed by atoms with van der Waals surface area (Å²) in [4.78, 5) is 0. The summed E-state index contributed by atoms with van der Waals surface area (Å²) >= 11 is 0. The highest BCUT2D eigenvalue weighted by Crippen LogP contribution is 2.26. The van der Waals surface area contributed by atoms with Gasteiger partial charge in [0, 0.05) is 5.39 Å². The van der Waals surface area contributed by atoms with Gasteiger partial charge in [0.15, 0.2) is 0 Å². The van der Waals surface area contributed by atoms with E-state index in [4.69, 9.17) is 4.74 Å². The van der Waals surface area contributed by atoms with E-state index in [-0.39, 0.29) is 5.82 Å². The zero-order valence-corrected chi connectivity index (χ0v) is 10.2. The molecule has 0 saturated heterocycles. The average Bonchev–Trinajstić information content (AvgIpc) is 2.28. The molecule has 0 saturated carbocycles. The second-order valence-corrected chi connectivity index (χ2v) is 4.65. The predicted molar refractivity (Wildman–Crippen MR) is 68.9 cm³/mol. The number of benzene rings is 2. The highest BCUT2D eigenvalue weighted by Gasteiger charge is 2.03. The number of hydrogen-bond donors (Lipinski definition) is 0. The molecule has 0 heterocycles. The molecule has 0 unspecified atom stereocenters.